The van der Waals surface area contributed by atoms with Gasteiger partial charge in [0.15, 0.2) is 0 Å². The molecular formula is C20H16FN3OS3. The summed E-state index contributed by atoms with van der Waals surface area (Å²) in [5.41, 5.74) is 2.91. The van der Waals surface area contributed by atoms with E-state index in [9.17, 15) is 9.18 Å². The summed E-state index contributed by atoms with van der Waals surface area (Å²) in [5.74, 6) is 0.112. The molecule has 0 radical (unpaired) electrons. The largest absolute Gasteiger partial charge is 0.341 e. The van der Waals surface area contributed by atoms with Gasteiger partial charge in [0.25, 0.3) is 0 Å². The minimum Gasteiger partial charge on any atom is -0.341 e. The molecule has 0 saturated heterocycles. The summed E-state index contributed by atoms with van der Waals surface area (Å²) in [5, 5.41) is 4.85. The van der Waals surface area contributed by atoms with Crippen LogP contribution in [-0.2, 0) is 11.3 Å². The van der Waals surface area contributed by atoms with Gasteiger partial charge >= 0.3 is 0 Å². The van der Waals surface area contributed by atoms with Crippen molar-refractivity contribution in [2.75, 3.05) is 12.8 Å². The number of carbonyl (C=O) groups is 1. The lowest BCUT2D eigenvalue weighted by atomic mass is 10.2. The number of amides is 1. The normalized spacial score (nSPS) is 11.1. The molecule has 0 saturated carbocycles. The van der Waals surface area contributed by atoms with Gasteiger partial charge in [0.1, 0.15) is 17.2 Å². The maximum atomic E-state index is 13.2. The van der Waals surface area contributed by atoms with Crippen molar-refractivity contribution in [3.63, 3.8) is 0 Å². The van der Waals surface area contributed by atoms with Crippen LogP contribution in [0.2, 0.25) is 0 Å². The Balaban J connectivity index is 1.49. The zero-order chi connectivity index (χ0) is 19.5. The molecule has 3 aromatic heterocycles. The molecule has 0 spiro atoms. The van der Waals surface area contributed by atoms with Gasteiger partial charge in [-0.15, -0.1) is 11.3 Å². The number of carbonyl (C=O) groups excluding carboxylic acids is 1. The summed E-state index contributed by atoms with van der Waals surface area (Å²) in [6.45, 7) is 0.607. The molecular weight excluding hydrogens is 413 g/mol. The van der Waals surface area contributed by atoms with E-state index in [1.807, 2.05) is 29.9 Å². The molecule has 8 heteroatoms. The molecule has 0 aliphatic rings. The van der Waals surface area contributed by atoms with Crippen molar-refractivity contribution in [2.45, 2.75) is 11.6 Å². The van der Waals surface area contributed by atoms with Gasteiger partial charge in [-0.25, -0.2) is 14.4 Å². The van der Waals surface area contributed by atoms with Crippen molar-refractivity contribution in [1.82, 2.24) is 14.9 Å². The molecule has 0 aliphatic carbocycles. The molecule has 0 unspecified atom stereocenters. The molecule has 1 aromatic carbocycles. The molecule has 0 aliphatic heterocycles. The summed E-state index contributed by atoms with van der Waals surface area (Å²) in [6, 6.07) is 10.4. The molecule has 0 bridgehead atoms. The Morgan fingerprint density at radius 1 is 1.21 bits per heavy atom. The first-order valence-corrected chi connectivity index (χ1v) is 11.2. The maximum Gasteiger partial charge on any atom is 0.233 e. The van der Waals surface area contributed by atoms with Gasteiger partial charge in [0, 0.05) is 18.5 Å². The monoisotopic (exact) mass is 429 g/mol. The number of halogens is 1. The Bertz CT molecular complexity index is 1090. The minimum atomic E-state index is -0.258. The molecule has 0 N–H and O–H groups in total. The minimum absolute atomic E-state index is 0.0540. The average Bonchev–Trinajstić information content (AvgIpc) is 3.36. The predicted molar refractivity (Wildman–Crippen MR) is 114 cm³/mol. The number of aromatic nitrogens is 2. The molecule has 28 heavy (non-hydrogen) atoms. The fourth-order valence-corrected chi connectivity index (χ4v) is 5.48. The van der Waals surface area contributed by atoms with Crippen LogP contribution in [0.4, 0.5) is 4.39 Å². The second kappa shape index (κ2) is 8.38. The van der Waals surface area contributed by atoms with Gasteiger partial charge in [0.05, 0.1) is 16.0 Å². The van der Waals surface area contributed by atoms with E-state index in [1.54, 1.807) is 39.7 Å². The third-order valence-electron chi connectivity index (χ3n) is 4.17. The van der Waals surface area contributed by atoms with Crippen LogP contribution >= 0.6 is 34.4 Å². The van der Waals surface area contributed by atoms with E-state index in [1.165, 1.54) is 30.2 Å². The Kier molecular flexibility index (Phi) is 5.70. The summed E-state index contributed by atoms with van der Waals surface area (Å²) in [4.78, 5) is 23.9. The second-order valence-electron chi connectivity index (χ2n) is 6.18. The molecule has 4 nitrogen and oxygen atoms in total. The van der Waals surface area contributed by atoms with Gasteiger partial charge in [-0.1, -0.05) is 23.9 Å². The van der Waals surface area contributed by atoms with Crippen molar-refractivity contribution in [1.29, 1.82) is 0 Å². The molecule has 3 heterocycles. The Hall–Kier alpha value is -2.29. The predicted octanol–water partition coefficient (Wildman–Crippen LogP) is 5.31. The Morgan fingerprint density at radius 3 is 2.79 bits per heavy atom. The number of benzene rings is 1. The molecule has 0 fully saturated rings. The van der Waals surface area contributed by atoms with Crippen LogP contribution in [0.3, 0.4) is 0 Å². The first-order chi connectivity index (χ1) is 13.6. The van der Waals surface area contributed by atoms with E-state index < -0.39 is 0 Å². The van der Waals surface area contributed by atoms with E-state index in [0.717, 1.165) is 31.2 Å². The first-order valence-electron chi connectivity index (χ1n) is 8.48. The first kappa shape index (κ1) is 19.0. The van der Waals surface area contributed by atoms with Crippen molar-refractivity contribution >= 4 is 50.6 Å². The number of rotatable bonds is 6. The highest BCUT2D eigenvalue weighted by atomic mass is 32.2. The zero-order valence-electron chi connectivity index (χ0n) is 15.0. The van der Waals surface area contributed by atoms with Crippen molar-refractivity contribution in [2.24, 2.45) is 0 Å². The zero-order valence-corrected chi connectivity index (χ0v) is 17.4. The number of thiophene rings is 2. The van der Waals surface area contributed by atoms with Crippen LogP contribution in [-0.4, -0.2) is 33.6 Å². The Morgan fingerprint density at radius 2 is 2.04 bits per heavy atom. The summed E-state index contributed by atoms with van der Waals surface area (Å²) >= 11 is 4.60. The third-order valence-corrected chi connectivity index (χ3v) is 7.18. The Labute approximate surface area is 174 Å². The lowest BCUT2D eigenvalue weighted by molar-refractivity contribution is -0.127. The van der Waals surface area contributed by atoms with E-state index in [0.29, 0.717) is 12.3 Å². The highest BCUT2D eigenvalue weighted by molar-refractivity contribution is 8.00. The summed E-state index contributed by atoms with van der Waals surface area (Å²) < 4.78 is 14.1. The molecule has 1 amide bonds. The van der Waals surface area contributed by atoms with Gasteiger partial charge in [-0.2, -0.15) is 11.3 Å². The van der Waals surface area contributed by atoms with Crippen LogP contribution in [0.25, 0.3) is 20.7 Å². The molecule has 4 aromatic rings. The second-order valence-corrected chi connectivity index (χ2v) is 8.98. The lowest BCUT2D eigenvalue weighted by Gasteiger charge is -2.16. The molecule has 142 valence electrons. The van der Waals surface area contributed by atoms with Crippen LogP contribution in [0.1, 0.15) is 5.56 Å². The fourth-order valence-electron chi connectivity index (χ4n) is 2.68. The number of nitrogens with zero attached hydrogens (tertiary/aromatic N) is 3. The topological polar surface area (TPSA) is 46.1 Å². The average molecular weight is 430 g/mol. The number of fused-ring (bicyclic) bond motifs is 1. The maximum absolute atomic E-state index is 13.2. The fraction of sp³-hybridized carbons (Fsp3) is 0.150. The number of thioether (sulfide) groups is 1. The van der Waals surface area contributed by atoms with Crippen LogP contribution < -0.4 is 0 Å². The van der Waals surface area contributed by atoms with Gasteiger partial charge in [-0.05, 0) is 46.2 Å². The van der Waals surface area contributed by atoms with Crippen LogP contribution in [0.5, 0.6) is 0 Å². The van der Waals surface area contributed by atoms with E-state index in [2.05, 4.69) is 9.97 Å². The quantitative estimate of drug-likeness (QED) is 0.308. The van der Waals surface area contributed by atoms with E-state index >= 15 is 0 Å². The standard InChI is InChI=1S/C20H16FN3OS3/c1-24(9-13-6-7-26-10-13)18(25)11-27-20-19-16(22-12-23-20)8-17(28-19)14-2-4-15(21)5-3-14/h2-8,10,12H,9,11H2,1H3. The summed E-state index contributed by atoms with van der Waals surface area (Å²) in [6.07, 6.45) is 1.52. The van der Waals surface area contributed by atoms with Gasteiger partial charge < -0.3 is 4.90 Å². The van der Waals surface area contributed by atoms with Crippen molar-refractivity contribution in [3.05, 3.63) is 64.9 Å². The van der Waals surface area contributed by atoms with Crippen molar-refractivity contribution in [3.8, 4) is 10.4 Å². The SMILES string of the molecule is CN(Cc1ccsc1)C(=O)CSc1ncnc2cc(-c3ccc(F)cc3)sc12. The highest BCUT2D eigenvalue weighted by Gasteiger charge is 2.15. The molecule has 0 atom stereocenters. The third kappa shape index (κ3) is 4.24. The van der Waals surface area contributed by atoms with Crippen LogP contribution in [0.15, 0.2) is 58.5 Å². The van der Waals surface area contributed by atoms with Gasteiger partial charge in [-0.3, -0.25) is 4.79 Å². The van der Waals surface area contributed by atoms with E-state index in [4.69, 9.17) is 0 Å². The van der Waals surface area contributed by atoms with Crippen molar-refractivity contribution < 1.29 is 9.18 Å². The van der Waals surface area contributed by atoms with E-state index in [-0.39, 0.29) is 11.7 Å². The van der Waals surface area contributed by atoms with Crippen LogP contribution in [0, 0.1) is 5.82 Å². The smallest absolute Gasteiger partial charge is 0.233 e. The highest BCUT2D eigenvalue weighted by Crippen LogP contribution is 2.37. The lowest BCUT2D eigenvalue weighted by Crippen LogP contribution is -2.27. The molecule has 4 rings (SSSR count). The number of hydrogen-bond acceptors (Lipinski definition) is 6. The number of hydrogen-bond donors (Lipinski definition) is 0. The summed E-state index contributed by atoms with van der Waals surface area (Å²) in [7, 11) is 1.81. The van der Waals surface area contributed by atoms with Gasteiger partial charge in [0.2, 0.25) is 5.91 Å².